The second kappa shape index (κ2) is 2.29. The van der Waals surface area contributed by atoms with Gasteiger partial charge >= 0.3 is 0 Å². The highest BCUT2D eigenvalue weighted by Gasteiger charge is 2.41. The maximum Gasteiger partial charge on any atom is 0.0987 e. The summed E-state index contributed by atoms with van der Waals surface area (Å²) in [5.41, 5.74) is 5.91. The molecular formula is C8H12N2S. The van der Waals surface area contributed by atoms with Crippen LogP contribution in [-0.2, 0) is 12.0 Å². The summed E-state index contributed by atoms with van der Waals surface area (Å²) in [6.45, 7) is 2.90. The molecule has 1 aromatic heterocycles. The van der Waals surface area contributed by atoms with Gasteiger partial charge in [-0.3, -0.25) is 0 Å². The number of rotatable bonds is 2. The molecule has 1 saturated carbocycles. The zero-order valence-corrected chi connectivity index (χ0v) is 7.45. The van der Waals surface area contributed by atoms with E-state index in [4.69, 9.17) is 5.73 Å². The molecule has 1 aliphatic rings. The van der Waals surface area contributed by atoms with Crippen LogP contribution < -0.4 is 5.73 Å². The first kappa shape index (κ1) is 7.25. The van der Waals surface area contributed by atoms with Crippen molar-refractivity contribution in [2.24, 2.45) is 5.73 Å². The summed E-state index contributed by atoms with van der Waals surface area (Å²) in [6, 6.07) is 0. The van der Waals surface area contributed by atoms with E-state index in [9.17, 15) is 0 Å². The summed E-state index contributed by atoms with van der Waals surface area (Å²) >= 11 is 1.77. The van der Waals surface area contributed by atoms with Gasteiger partial charge in [0.2, 0.25) is 0 Å². The summed E-state index contributed by atoms with van der Waals surface area (Å²) in [5.74, 6) is 0. The molecule has 0 radical (unpaired) electrons. The molecule has 2 N–H and O–H groups in total. The standard InChI is InChI=1S/C8H12N2S/c1-8(2-3-8)7-10-5-6(4-9)11-7/h5H,2-4,9H2,1H3. The Kier molecular flexibility index (Phi) is 1.51. The second-order valence-electron chi connectivity index (χ2n) is 3.40. The second-order valence-corrected chi connectivity index (χ2v) is 4.51. The number of nitrogens with zero attached hydrogens (tertiary/aromatic N) is 1. The van der Waals surface area contributed by atoms with Crippen LogP contribution in [0.4, 0.5) is 0 Å². The third-order valence-corrected chi connectivity index (χ3v) is 3.60. The smallest absolute Gasteiger partial charge is 0.0987 e. The largest absolute Gasteiger partial charge is 0.326 e. The van der Waals surface area contributed by atoms with Crippen molar-refractivity contribution in [2.75, 3.05) is 0 Å². The molecule has 0 unspecified atom stereocenters. The number of aromatic nitrogens is 1. The summed E-state index contributed by atoms with van der Waals surface area (Å²) in [5, 5.41) is 1.28. The van der Waals surface area contributed by atoms with Gasteiger partial charge in [-0.2, -0.15) is 0 Å². The van der Waals surface area contributed by atoms with Crippen molar-refractivity contribution in [1.29, 1.82) is 0 Å². The molecule has 0 spiro atoms. The minimum absolute atomic E-state index is 0.415. The number of hydrogen-bond donors (Lipinski definition) is 1. The molecule has 0 atom stereocenters. The number of thiazole rings is 1. The lowest BCUT2D eigenvalue weighted by Crippen LogP contribution is -1.97. The zero-order valence-electron chi connectivity index (χ0n) is 6.63. The molecule has 2 nitrogen and oxygen atoms in total. The van der Waals surface area contributed by atoms with Gasteiger partial charge in [-0.25, -0.2) is 4.98 Å². The average molecular weight is 168 g/mol. The Bertz CT molecular complexity index is 263. The molecule has 0 aromatic carbocycles. The van der Waals surface area contributed by atoms with Crippen LogP contribution in [0.5, 0.6) is 0 Å². The Labute approximate surface area is 70.5 Å². The summed E-state index contributed by atoms with van der Waals surface area (Å²) in [7, 11) is 0. The maximum atomic E-state index is 5.50. The molecule has 1 aromatic rings. The highest BCUT2D eigenvalue weighted by atomic mass is 32.1. The first-order valence-corrected chi connectivity index (χ1v) is 4.71. The Morgan fingerprint density at radius 1 is 1.73 bits per heavy atom. The fraction of sp³-hybridized carbons (Fsp3) is 0.625. The molecule has 0 amide bonds. The first-order valence-electron chi connectivity index (χ1n) is 3.90. The maximum absolute atomic E-state index is 5.50. The van der Waals surface area contributed by atoms with Gasteiger partial charge in [0.05, 0.1) is 5.01 Å². The van der Waals surface area contributed by atoms with Gasteiger partial charge in [0.25, 0.3) is 0 Å². The van der Waals surface area contributed by atoms with Crippen LogP contribution in [-0.4, -0.2) is 4.98 Å². The Morgan fingerprint density at radius 3 is 2.91 bits per heavy atom. The summed E-state index contributed by atoms with van der Waals surface area (Å²) in [6.07, 6.45) is 4.50. The van der Waals surface area contributed by atoms with Crippen molar-refractivity contribution in [3.05, 3.63) is 16.1 Å². The van der Waals surface area contributed by atoms with Crippen molar-refractivity contribution in [1.82, 2.24) is 4.98 Å². The third kappa shape index (κ3) is 1.19. The van der Waals surface area contributed by atoms with Crippen molar-refractivity contribution in [3.8, 4) is 0 Å². The molecule has 11 heavy (non-hydrogen) atoms. The molecule has 1 heterocycles. The summed E-state index contributed by atoms with van der Waals surface area (Å²) < 4.78 is 0. The van der Waals surface area contributed by atoms with Crippen LogP contribution in [0.15, 0.2) is 6.20 Å². The van der Waals surface area contributed by atoms with Gasteiger partial charge < -0.3 is 5.73 Å². The monoisotopic (exact) mass is 168 g/mol. The van der Waals surface area contributed by atoms with Crippen molar-refractivity contribution in [2.45, 2.75) is 31.7 Å². The number of hydrogen-bond acceptors (Lipinski definition) is 3. The predicted molar refractivity (Wildman–Crippen MR) is 46.6 cm³/mol. The van der Waals surface area contributed by atoms with Gasteiger partial charge in [-0.15, -0.1) is 11.3 Å². The van der Waals surface area contributed by atoms with Gasteiger partial charge in [0.15, 0.2) is 0 Å². The minimum Gasteiger partial charge on any atom is -0.326 e. The van der Waals surface area contributed by atoms with E-state index in [1.165, 1.54) is 22.7 Å². The van der Waals surface area contributed by atoms with E-state index in [0.29, 0.717) is 12.0 Å². The molecule has 0 aliphatic heterocycles. The Morgan fingerprint density at radius 2 is 2.45 bits per heavy atom. The summed E-state index contributed by atoms with van der Waals surface area (Å²) in [4.78, 5) is 5.56. The Hall–Kier alpha value is -0.410. The normalized spacial score (nSPS) is 20.2. The van der Waals surface area contributed by atoms with Gasteiger partial charge in [-0.1, -0.05) is 6.92 Å². The SMILES string of the molecule is CC1(c2ncc(CN)s2)CC1. The van der Waals surface area contributed by atoms with Crippen LogP contribution >= 0.6 is 11.3 Å². The fourth-order valence-corrected chi connectivity index (χ4v) is 2.08. The molecule has 0 saturated heterocycles. The lowest BCUT2D eigenvalue weighted by Gasteiger charge is -1.99. The van der Waals surface area contributed by atoms with Gasteiger partial charge in [-0.05, 0) is 12.8 Å². The van der Waals surface area contributed by atoms with Crippen molar-refractivity contribution >= 4 is 11.3 Å². The Balaban J connectivity index is 2.25. The minimum atomic E-state index is 0.415. The number of nitrogens with two attached hydrogens (primary N) is 1. The van der Waals surface area contributed by atoms with Crippen LogP contribution in [0, 0.1) is 0 Å². The lowest BCUT2D eigenvalue weighted by atomic mass is 10.2. The molecule has 2 rings (SSSR count). The molecule has 3 heteroatoms. The molecular weight excluding hydrogens is 156 g/mol. The van der Waals surface area contributed by atoms with E-state index in [0.717, 1.165) is 0 Å². The van der Waals surface area contributed by atoms with Crippen LogP contribution in [0.25, 0.3) is 0 Å². The van der Waals surface area contributed by atoms with Crippen LogP contribution in [0.3, 0.4) is 0 Å². The van der Waals surface area contributed by atoms with E-state index >= 15 is 0 Å². The third-order valence-electron chi connectivity index (χ3n) is 2.27. The van der Waals surface area contributed by atoms with Gasteiger partial charge in [0.1, 0.15) is 0 Å². The zero-order chi connectivity index (χ0) is 7.90. The van der Waals surface area contributed by atoms with E-state index in [1.807, 2.05) is 6.20 Å². The van der Waals surface area contributed by atoms with E-state index < -0.39 is 0 Å². The van der Waals surface area contributed by atoms with E-state index in [2.05, 4.69) is 11.9 Å². The highest BCUT2D eigenvalue weighted by Crippen LogP contribution is 2.48. The molecule has 60 valence electrons. The molecule has 1 fully saturated rings. The van der Waals surface area contributed by atoms with Crippen LogP contribution in [0.1, 0.15) is 29.7 Å². The van der Waals surface area contributed by atoms with Crippen molar-refractivity contribution < 1.29 is 0 Å². The first-order chi connectivity index (χ1) is 5.24. The van der Waals surface area contributed by atoms with Crippen LogP contribution in [0.2, 0.25) is 0 Å². The predicted octanol–water partition coefficient (Wildman–Crippen LogP) is 1.65. The lowest BCUT2D eigenvalue weighted by molar-refractivity contribution is 0.776. The fourth-order valence-electron chi connectivity index (χ4n) is 1.08. The van der Waals surface area contributed by atoms with Gasteiger partial charge in [0, 0.05) is 23.0 Å². The van der Waals surface area contributed by atoms with E-state index in [-0.39, 0.29) is 0 Å². The average Bonchev–Trinajstić information content (AvgIpc) is 2.61. The highest BCUT2D eigenvalue weighted by molar-refractivity contribution is 7.11. The van der Waals surface area contributed by atoms with Crippen molar-refractivity contribution in [3.63, 3.8) is 0 Å². The quantitative estimate of drug-likeness (QED) is 0.729. The topological polar surface area (TPSA) is 38.9 Å². The molecule has 0 bridgehead atoms. The van der Waals surface area contributed by atoms with E-state index in [1.54, 1.807) is 11.3 Å². The molecule has 1 aliphatic carbocycles.